The zero-order valence-corrected chi connectivity index (χ0v) is 8.52. The van der Waals surface area contributed by atoms with Crippen molar-refractivity contribution in [2.24, 2.45) is 0 Å². The molecule has 0 saturated heterocycles. The van der Waals surface area contributed by atoms with Crippen LogP contribution in [0.4, 0.5) is 8.78 Å². The third-order valence-electron chi connectivity index (χ3n) is 1.55. The minimum atomic E-state index is -4.34. The highest BCUT2D eigenvalue weighted by atomic mass is 35.5. The van der Waals surface area contributed by atoms with Gasteiger partial charge in [-0.05, 0) is 17.7 Å². The first kappa shape index (κ1) is 11.4. The van der Waals surface area contributed by atoms with Crippen LogP contribution in [0.15, 0.2) is 24.3 Å². The fourth-order valence-corrected chi connectivity index (χ4v) is 1.78. The number of halogens is 3. The van der Waals surface area contributed by atoms with Crippen LogP contribution < -0.4 is 0 Å². The first-order chi connectivity index (χ1) is 6.42. The second-order valence-corrected chi connectivity index (χ2v) is 5.10. The summed E-state index contributed by atoms with van der Waals surface area (Å²) in [6, 6.07) is 5.72. The highest BCUT2D eigenvalue weighted by Crippen LogP contribution is 2.15. The van der Waals surface area contributed by atoms with Gasteiger partial charge in [0.25, 0.3) is 0 Å². The van der Waals surface area contributed by atoms with Crippen molar-refractivity contribution in [1.82, 2.24) is 0 Å². The summed E-state index contributed by atoms with van der Waals surface area (Å²) in [7, 11) is -4.34. The highest BCUT2D eigenvalue weighted by Gasteiger charge is 2.23. The van der Waals surface area contributed by atoms with Crippen LogP contribution in [-0.4, -0.2) is 14.2 Å². The fraction of sp³-hybridized carbons (Fsp3) is 0.250. The Labute approximate surface area is 85.4 Å². The lowest BCUT2D eigenvalue weighted by Gasteiger charge is -2.02. The SMILES string of the molecule is O=S(=O)(Cc1ccc(Cl)cc1)C(F)F. The van der Waals surface area contributed by atoms with Crippen LogP contribution in [0.2, 0.25) is 5.02 Å². The van der Waals surface area contributed by atoms with Gasteiger partial charge in [0.2, 0.25) is 9.84 Å². The van der Waals surface area contributed by atoms with Crippen molar-refractivity contribution in [2.45, 2.75) is 11.5 Å². The van der Waals surface area contributed by atoms with E-state index in [1.54, 1.807) is 0 Å². The van der Waals surface area contributed by atoms with Crippen LogP contribution in [0.3, 0.4) is 0 Å². The number of rotatable bonds is 3. The predicted octanol–water partition coefficient (Wildman–Crippen LogP) is 2.48. The van der Waals surface area contributed by atoms with Gasteiger partial charge in [0.1, 0.15) is 0 Å². The first-order valence-electron chi connectivity index (χ1n) is 3.66. The summed E-state index contributed by atoms with van der Waals surface area (Å²) in [5.74, 6) is -4.00. The summed E-state index contributed by atoms with van der Waals surface area (Å²) in [5, 5.41) is 0.434. The van der Waals surface area contributed by atoms with E-state index >= 15 is 0 Å². The van der Waals surface area contributed by atoms with E-state index in [9.17, 15) is 17.2 Å². The van der Waals surface area contributed by atoms with Crippen molar-refractivity contribution >= 4 is 21.4 Å². The molecule has 1 aromatic rings. The average molecular weight is 241 g/mol. The molecule has 0 atom stereocenters. The maximum Gasteiger partial charge on any atom is 0.337 e. The molecule has 0 spiro atoms. The minimum Gasteiger partial charge on any atom is -0.223 e. The van der Waals surface area contributed by atoms with Crippen molar-refractivity contribution in [3.8, 4) is 0 Å². The Hall–Kier alpha value is -0.680. The molecule has 0 N–H and O–H groups in total. The van der Waals surface area contributed by atoms with E-state index in [4.69, 9.17) is 11.6 Å². The molecule has 0 aromatic heterocycles. The summed E-state index contributed by atoms with van der Waals surface area (Å²) >= 11 is 5.55. The summed E-state index contributed by atoms with van der Waals surface area (Å²) in [5.41, 5.74) is 0.301. The molecule has 0 radical (unpaired) electrons. The number of hydrogen-bond acceptors (Lipinski definition) is 2. The van der Waals surface area contributed by atoms with Gasteiger partial charge < -0.3 is 0 Å². The Morgan fingerprint density at radius 1 is 1.21 bits per heavy atom. The number of sulfone groups is 1. The molecule has 6 heteroatoms. The molecule has 14 heavy (non-hydrogen) atoms. The van der Waals surface area contributed by atoms with Crippen molar-refractivity contribution in [2.75, 3.05) is 0 Å². The van der Waals surface area contributed by atoms with E-state index < -0.39 is 21.3 Å². The third-order valence-corrected chi connectivity index (χ3v) is 3.08. The Morgan fingerprint density at radius 3 is 2.14 bits per heavy atom. The molecule has 0 unspecified atom stereocenters. The zero-order chi connectivity index (χ0) is 10.8. The Balaban J connectivity index is 2.85. The van der Waals surface area contributed by atoms with Gasteiger partial charge in [-0.3, -0.25) is 0 Å². The van der Waals surface area contributed by atoms with Crippen molar-refractivity contribution < 1.29 is 17.2 Å². The minimum absolute atomic E-state index is 0.301. The molecule has 78 valence electrons. The van der Waals surface area contributed by atoms with Gasteiger partial charge >= 0.3 is 5.76 Å². The van der Waals surface area contributed by atoms with Gasteiger partial charge in [-0.2, -0.15) is 8.78 Å². The largest absolute Gasteiger partial charge is 0.337 e. The van der Waals surface area contributed by atoms with Gasteiger partial charge in [0, 0.05) is 5.02 Å². The highest BCUT2D eigenvalue weighted by molar-refractivity contribution is 7.90. The molecule has 0 aliphatic heterocycles. The predicted molar refractivity (Wildman–Crippen MR) is 50.1 cm³/mol. The summed E-state index contributed by atoms with van der Waals surface area (Å²) in [4.78, 5) is 0. The van der Waals surface area contributed by atoms with Crippen LogP contribution in [0, 0.1) is 0 Å². The molecule has 0 heterocycles. The first-order valence-corrected chi connectivity index (χ1v) is 5.75. The molecular weight excluding hydrogens is 234 g/mol. The molecule has 1 aromatic carbocycles. The zero-order valence-electron chi connectivity index (χ0n) is 6.95. The molecule has 0 amide bonds. The van der Waals surface area contributed by atoms with Gasteiger partial charge in [-0.25, -0.2) is 8.42 Å². The Bertz CT molecular complexity index is 400. The normalized spacial score (nSPS) is 12.0. The lowest BCUT2D eigenvalue weighted by molar-refractivity contribution is 0.234. The maximum absolute atomic E-state index is 12.0. The van der Waals surface area contributed by atoms with Crippen LogP contribution >= 0.6 is 11.6 Å². The number of benzene rings is 1. The summed E-state index contributed by atoms with van der Waals surface area (Å²) in [6.45, 7) is 0. The van der Waals surface area contributed by atoms with Crippen LogP contribution in [0.1, 0.15) is 5.56 Å². The van der Waals surface area contributed by atoms with Crippen LogP contribution in [0.5, 0.6) is 0 Å². The Morgan fingerprint density at radius 2 is 1.71 bits per heavy atom. The molecule has 1 rings (SSSR count). The maximum atomic E-state index is 12.0. The second kappa shape index (κ2) is 4.23. The van der Waals surface area contributed by atoms with E-state index in [0.29, 0.717) is 10.6 Å². The van der Waals surface area contributed by atoms with Gasteiger partial charge in [-0.15, -0.1) is 0 Å². The molecule has 0 bridgehead atoms. The van der Waals surface area contributed by atoms with Crippen LogP contribution in [0.25, 0.3) is 0 Å². The van der Waals surface area contributed by atoms with Gasteiger partial charge in [-0.1, -0.05) is 23.7 Å². The van der Waals surface area contributed by atoms with E-state index in [0.717, 1.165) is 0 Å². The molecular formula is C8H7ClF2O2S. The topological polar surface area (TPSA) is 34.1 Å². The van der Waals surface area contributed by atoms with Gasteiger partial charge in [0.15, 0.2) is 0 Å². The molecule has 0 aliphatic carbocycles. The van der Waals surface area contributed by atoms with Gasteiger partial charge in [0.05, 0.1) is 5.75 Å². The van der Waals surface area contributed by atoms with E-state index in [1.807, 2.05) is 0 Å². The van der Waals surface area contributed by atoms with Crippen molar-refractivity contribution in [3.05, 3.63) is 34.9 Å². The van der Waals surface area contributed by atoms with Crippen molar-refractivity contribution in [1.29, 1.82) is 0 Å². The summed E-state index contributed by atoms with van der Waals surface area (Å²) in [6.07, 6.45) is 0. The second-order valence-electron chi connectivity index (χ2n) is 2.69. The third kappa shape index (κ3) is 2.92. The molecule has 2 nitrogen and oxygen atoms in total. The average Bonchev–Trinajstić information content (AvgIpc) is 2.08. The lowest BCUT2D eigenvalue weighted by atomic mass is 10.2. The standard InChI is InChI=1S/C8H7ClF2O2S/c9-7-3-1-6(2-4-7)5-14(12,13)8(10)11/h1-4,8H,5H2. The van der Waals surface area contributed by atoms with E-state index in [-0.39, 0.29) is 0 Å². The molecule has 0 saturated carbocycles. The summed E-state index contributed by atoms with van der Waals surface area (Å²) < 4.78 is 45.5. The molecule has 0 aliphatic rings. The smallest absolute Gasteiger partial charge is 0.223 e. The number of hydrogen-bond donors (Lipinski definition) is 0. The van der Waals surface area contributed by atoms with E-state index in [2.05, 4.69) is 0 Å². The lowest BCUT2D eigenvalue weighted by Crippen LogP contribution is -2.13. The fourth-order valence-electron chi connectivity index (χ4n) is 0.876. The van der Waals surface area contributed by atoms with Crippen LogP contribution in [-0.2, 0) is 15.6 Å². The van der Waals surface area contributed by atoms with E-state index in [1.165, 1.54) is 24.3 Å². The monoisotopic (exact) mass is 240 g/mol. The Kier molecular flexibility index (Phi) is 3.44. The molecule has 0 fully saturated rings. The quantitative estimate of drug-likeness (QED) is 0.813. The number of alkyl halides is 2. The van der Waals surface area contributed by atoms with Crippen molar-refractivity contribution in [3.63, 3.8) is 0 Å².